The Hall–Kier alpha value is -3.62. The maximum atomic E-state index is 14.3. The molecule has 0 spiro atoms. The second kappa shape index (κ2) is 8.63. The average molecular weight is 423 g/mol. The molecule has 1 aromatic carbocycles. The van der Waals surface area contributed by atoms with Crippen LogP contribution in [0.2, 0.25) is 0 Å². The van der Waals surface area contributed by atoms with E-state index in [0.29, 0.717) is 23.8 Å². The molecule has 160 valence electrons. The van der Waals surface area contributed by atoms with Gasteiger partial charge in [-0.15, -0.1) is 10.2 Å². The van der Waals surface area contributed by atoms with E-state index in [9.17, 15) is 8.78 Å². The lowest BCUT2D eigenvalue weighted by Gasteiger charge is -2.44. The number of pyridine rings is 1. The van der Waals surface area contributed by atoms with Crippen LogP contribution in [0.4, 0.5) is 20.3 Å². The smallest absolute Gasteiger partial charge is 0.148 e. The molecule has 0 bridgehead atoms. The summed E-state index contributed by atoms with van der Waals surface area (Å²) in [5.74, 6) is 0.122. The van der Waals surface area contributed by atoms with Crippen molar-refractivity contribution in [1.82, 2.24) is 15.2 Å². The van der Waals surface area contributed by atoms with E-state index in [1.165, 1.54) is 24.7 Å². The molecular weight excluding hydrogens is 400 g/mol. The van der Waals surface area contributed by atoms with Crippen molar-refractivity contribution in [2.24, 2.45) is 10.8 Å². The van der Waals surface area contributed by atoms with Crippen LogP contribution in [0.3, 0.4) is 0 Å². The summed E-state index contributed by atoms with van der Waals surface area (Å²) in [7, 11) is 0. The number of benzene rings is 1. The molecule has 0 unspecified atom stereocenters. The van der Waals surface area contributed by atoms with Crippen molar-refractivity contribution in [3.05, 3.63) is 65.7 Å². The summed E-state index contributed by atoms with van der Waals surface area (Å²) < 4.78 is 28.0. The molecule has 2 heterocycles. The largest absolute Gasteiger partial charge is 0.388 e. The number of rotatable bonds is 7. The number of halogens is 2. The molecule has 1 aliphatic carbocycles. The van der Waals surface area contributed by atoms with Gasteiger partial charge in [-0.2, -0.15) is 5.10 Å². The number of hydrazone groups is 1. The third-order valence-corrected chi connectivity index (χ3v) is 5.54. The van der Waals surface area contributed by atoms with E-state index in [1.54, 1.807) is 6.07 Å². The van der Waals surface area contributed by atoms with Gasteiger partial charge in [0.25, 0.3) is 0 Å². The van der Waals surface area contributed by atoms with Crippen LogP contribution in [0.1, 0.15) is 24.1 Å². The van der Waals surface area contributed by atoms with Gasteiger partial charge in [-0.3, -0.25) is 10.4 Å². The summed E-state index contributed by atoms with van der Waals surface area (Å²) in [6, 6.07) is 12.3. The number of nitrogens with zero attached hydrogens (tertiary/aromatic N) is 4. The molecule has 0 aliphatic heterocycles. The Morgan fingerprint density at radius 2 is 2.06 bits per heavy atom. The summed E-state index contributed by atoms with van der Waals surface area (Å²) >= 11 is 0. The van der Waals surface area contributed by atoms with Crippen LogP contribution in [0.15, 0.2) is 53.8 Å². The number of alkyl halides is 1. The highest BCUT2D eigenvalue weighted by Crippen LogP contribution is 2.45. The second-order valence-corrected chi connectivity index (χ2v) is 7.70. The predicted molar refractivity (Wildman–Crippen MR) is 117 cm³/mol. The monoisotopic (exact) mass is 423 g/mol. The molecular formula is C22H23F2N7. The Bertz CT molecular complexity index is 1080. The zero-order chi connectivity index (χ0) is 21.8. The van der Waals surface area contributed by atoms with Crippen molar-refractivity contribution in [2.75, 3.05) is 17.3 Å². The molecule has 7 nitrogen and oxygen atoms in total. The molecule has 9 heteroatoms. The van der Waals surface area contributed by atoms with Crippen molar-refractivity contribution < 1.29 is 8.78 Å². The van der Waals surface area contributed by atoms with Crippen molar-refractivity contribution in [3.8, 4) is 11.3 Å². The highest BCUT2D eigenvalue weighted by Gasteiger charge is 2.48. The van der Waals surface area contributed by atoms with Crippen LogP contribution < -0.4 is 16.5 Å². The van der Waals surface area contributed by atoms with Gasteiger partial charge in [0.1, 0.15) is 24.1 Å². The number of nitrogens with one attached hydrogen (secondary N) is 2. The molecule has 0 atom stereocenters. The van der Waals surface area contributed by atoms with Crippen LogP contribution in [-0.4, -0.2) is 34.2 Å². The quantitative estimate of drug-likeness (QED) is 0.304. The van der Waals surface area contributed by atoms with Gasteiger partial charge in [0.05, 0.1) is 17.1 Å². The highest BCUT2D eigenvalue weighted by atomic mass is 19.1. The standard InChI is InChI=1S/C22H23F2N7/c1-14-9-15(4-5-18(14)29-28-13-25)19-6-7-20(31-30-19)27-12-22(10-16(23)11-22)21-17(24)3-2-8-26-21/h2-9,13,16,29H,10-12H2,1H3,(H2,25,28)(H,27,31). The van der Waals surface area contributed by atoms with Crippen molar-refractivity contribution in [1.29, 1.82) is 0 Å². The van der Waals surface area contributed by atoms with E-state index in [-0.39, 0.29) is 12.8 Å². The predicted octanol–water partition coefficient (Wildman–Crippen LogP) is 3.78. The average Bonchev–Trinajstić information content (AvgIpc) is 2.76. The van der Waals surface area contributed by atoms with Gasteiger partial charge in [0, 0.05) is 23.7 Å². The molecule has 0 saturated heterocycles. The topological polar surface area (TPSA) is 101 Å². The van der Waals surface area contributed by atoms with Crippen LogP contribution in [0.25, 0.3) is 11.3 Å². The Balaban J connectivity index is 1.46. The first-order valence-corrected chi connectivity index (χ1v) is 9.94. The third kappa shape index (κ3) is 4.30. The number of nitrogens with two attached hydrogens (primary N) is 1. The van der Waals surface area contributed by atoms with E-state index < -0.39 is 17.4 Å². The molecule has 0 radical (unpaired) electrons. The van der Waals surface area contributed by atoms with E-state index in [2.05, 4.69) is 31.0 Å². The molecule has 1 saturated carbocycles. The number of anilines is 2. The highest BCUT2D eigenvalue weighted by molar-refractivity contribution is 5.66. The summed E-state index contributed by atoms with van der Waals surface area (Å²) in [5, 5.41) is 15.5. The SMILES string of the molecule is Cc1cc(-c2ccc(NCC3(c4ncccc4F)CC(F)C3)nn2)ccc1N/N=C/N. The Morgan fingerprint density at radius 1 is 1.23 bits per heavy atom. The van der Waals surface area contributed by atoms with Gasteiger partial charge < -0.3 is 11.1 Å². The minimum absolute atomic E-state index is 0.229. The summed E-state index contributed by atoms with van der Waals surface area (Å²) in [4.78, 5) is 4.17. The van der Waals surface area contributed by atoms with Gasteiger partial charge in [-0.05, 0) is 61.7 Å². The van der Waals surface area contributed by atoms with E-state index in [0.717, 1.165) is 16.8 Å². The van der Waals surface area contributed by atoms with Gasteiger partial charge in [0.15, 0.2) is 0 Å². The Kier molecular flexibility index (Phi) is 5.75. The van der Waals surface area contributed by atoms with E-state index in [4.69, 9.17) is 5.73 Å². The number of aromatic nitrogens is 3. The first-order chi connectivity index (χ1) is 15.0. The van der Waals surface area contributed by atoms with E-state index in [1.807, 2.05) is 31.2 Å². The number of aryl methyl sites for hydroxylation is 1. The molecule has 0 amide bonds. The summed E-state index contributed by atoms with van der Waals surface area (Å²) in [6.07, 6.45) is 2.23. The molecule has 1 aliphatic rings. The van der Waals surface area contributed by atoms with Crippen LogP contribution in [-0.2, 0) is 5.41 Å². The van der Waals surface area contributed by atoms with Gasteiger partial charge in [-0.25, -0.2) is 8.78 Å². The van der Waals surface area contributed by atoms with Crippen LogP contribution in [0.5, 0.6) is 0 Å². The summed E-state index contributed by atoms with van der Waals surface area (Å²) in [5.41, 5.74) is 11.2. The lowest BCUT2D eigenvalue weighted by atomic mass is 9.65. The van der Waals surface area contributed by atoms with Gasteiger partial charge in [-0.1, -0.05) is 6.07 Å². The first kappa shape index (κ1) is 20.6. The summed E-state index contributed by atoms with van der Waals surface area (Å²) in [6.45, 7) is 2.28. The minimum atomic E-state index is -0.951. The fraction of sp³-hybridized carbons (Fsp3) is 0.273. The second-order valence-electron chi connectivity index (χ2n) is 7.70. The van der Waals surface area contributed by atoms with E-state index >= 15 is 0 Å². The maximum Gasteiger partial charge on any atom is 0.148 e. The molecule has 4 N–H and O–H groups in total. The molecule has 4 rings (SSSR count). The lowest BCUT2D eigenvalue weighted by Crippen LogP contribution is -2.49. The fourth-order valence-corrected chi connectivity index (χ4v) is 3.88. The van der Waals surface area contributed by atoms with Crippen LogP contribution >= 0.6 is 0 Å². The van der Waals surface area contributed by atoms with Crippen molar-refractivity contribution >= 4 is 17.8 Å². The lowest BCUT2D eigenvalue weighted by molar-refractivity contribution is 0.0964. The fourth-order valence-electron chi connectivity index (χ4n) is 3.88. The number of hydrogen-bond acceptors (Lipinski definition) is 6. The van der Waals surface area contributed by atoms with Crippen molar-refractivity contribution in [2.45, 2.75) is 31.4 Å². The number of hydrogen-bond donors (Lipinski definition) is 3. The minimum Gasteiger partial charge on any atom is -0.388 e. The normalized spacial score (nSPS) is 20.4. The molecule has 1 fully saturated rings. The van der Waals surface area contributed by atoms with Gasteiger partial charge >= 0.3 is 0 Å². The first-order valence-electron chi connectivity index (χ1n) is 9.94. The van der Waals surface area contributed by atoms with Gasteiger partial charge in [0.2, 0.25) is 0 Å². The zero-order valence-corrected chi connectivity index (χ0v) is 17.0. The zero-order valence-electron chi connectivity index (χ0n) is 17.0. The van der Waals surface area contributed by atoms with Crippen molar-refractivity contribution in [3.63, 3.8) is 0 Å². The third-order valence-electron chi connectivity index (χ3n) is 5.54. The van der Waals surface area contributed by atoms with Crippen LogP contribution in [0, 0.1) is 12.7 Å². The molecule has 2 aromatic heterocycles. The molecule has 31 heavy (non-hydrogen) atoms. The maximum absolute atomic E-state index is 14.3. The Morgan fingerprint density at radius 3 is 2.71 bits per heavy atom. The Labute approximate surface area is 178 Å². The molecule has 3 aromatic rings.